The zero-order chi connectivity index (χ0) is 18.8. The fourth-order valence-corrected chi connectivity index (χ4v) is 2.47. The molecule has 1 fully saturated rings. The van der Waals surface area contributed by atoms with Gasteiger partial charge < -0.3 is 19.5 Å². The number of ether oxygens (including phenoxy) is 3. The number of thiocarbonyl (C=S) groups is 1. The molecule has 0 aromatic heterocycles. The van der Waals surface area contributed by atoms with Gasteiger partial charge in [-0.15, -0.1) is 0 Å². The van der Waals surface area contributed by atoms with Gasteiger partial charge >= 0.3 is 5.97 Å². The van der Waals surface area contributed by atoms with Gasteiger partial charge in [0.15, 0.2) is 5.11 Å². The Hall–Kier alpha value is -2.45. The number of hydrogen-bond donors (Lipinski definition) is 2. The van der Waals surface area contributed by atoms with Crippen molar-refractivity contribution < 1.29 is 23.8 Å². The summed E-state index contributed by atoms with van der Waals surface area (Å²) in [6.45, 7) is 3.27. The van der Waals surface area contributed by atoms with E-state index in [0.717, 1.165) is 37.4 Å². The van der Waals surface area contributed by atoms with Crippen molar-refractivity contribution in [3.8, 4) is 5.75 Å². The Balaban J connectivity index is 1.74. The van der Waals surface area contributed by atoms with Gasteiger partial charge in [0.1, 0.15) is 12.4 Å². The van der Waals surface area contributed by atoms with Gasteiger partial charge in [0.2, 0.25) is 5.91 Å². The molecule has 1 aromatic rings. The highest BCUT2D eigenvalue weighted by Crippen LogP contribution is 2.18. The van der Waals surface area contributed by atoms with E-state index in [0.29, 0.717) is 12.3 Å². The van der Waals surface area contributed by atoms with Crippen molar-refractivity contribution in [2.45, 2.75) is 25.9 Å². The molecule has 8 heteroatoms. The second-order valence-corrected chi connectivity index (χ2v) is 5.91. The second-order valence-electron chi connectivity index (χ2n) is 5.50. The summed E-state index contributed by atoms with van der Waals surface area (Å²) in [6.07, 6.45) is 4.38. The lowest BCUT2D eigenvalue weighted by Crippen LogP contribution is -2.32. The lowest BCUT2D eigenvalue weighted by atomic mass is 10.2. The average molecular weight is 378 g/mol. The molecule has 1 unspecified atom stereocenters. The van der Waals surface area contributed by atoms with Crippen LogP contribution >= 0.6 is 12.2 Å². The van der Waals surface area contributed by atoms with Crippen molar-refractivity contribution in [1.82, 2.24) is 5.32 Å². The number of benzene rings is 1. The van der Waals surface area contributed by atoms with Gasteiger partial charge in [0.05, 0.1) is 12.7 Å². The topological polar surface area (TPSA) is 85.9 Å². The highest BCUT2D eigenvalue weighted by Gasteiger charge is 2.15. The summed E-state index contributed by atoms with van der Waals surface area (Å²) in [5.41, 5.74) is 0.703. The third kappa shape index (κ3) is 7.20. The maximum absolute atomic E-state index is 11.7. The maximum atomic E-state index is 11.7. The summed E-state index contributed by atoms with van der Waals surface area (Å²) < 4.78 is 15.9. The summed E-state index contributed by atoms with van der Waals surface area (Å²) >= 11 is 5.06. The lowest BCUT2D eigenvalue weighted by Gasteiger charge is -2.12. The van der Waals surface area contributed by atoms with Gasteiger partial charge in [-0.25, -0.2) is 4.79 Å². The molecule has 2 N–H and O–H groups in total. The highest BCUT2D eigenvalue weighted by molar-refractivity contribution is 7.80. The fourth-order valence-electron chi connectivity index (χ4n) is 2.25. The van der Waals surface area contributed by atoms with Gasteiger partial charge in [-0.3, -0.25) is 10.1 Å². The van der Waals surface area contributed by atoms with Crippen LogP contribution in [0.15, 0.2) is 36.4 Å². The maximum Gasteiger partial charge on any atom is 0.330 e. The Kier molecular flexibility index (Phi) is 8.04. The Morgan fingerprint density at radius 3 is 2.73 bits per heavy atom. The van der Waals surface area contributed by atoms with E-state index in [9.17, 15) is 9.59 Å². The van der Waals surface area contributed by atoms with Crippen LogP contribution in [0.4, 0.5) is 5.69 Å². The van der Waals surface area contributed by atoms with E-state index in [4.69, 9.17) is 21.7 Å². The van der Waals surface area contributed by atoms with Gasteiger partial charge in [0, 0.05) is 24.4 Å². The van der Waals surface area contributed by atoms with E-state index in [1.165, 1.54) is 0 Å². The van der Waals surface area contributed by atoms with Crippen LogP contribution in [0.1, 0.15) is 19.8 Å². The van der Waals surface area contributed by atoms with Crippen LogP contribution in [0, 0.1) is 0 Å². The van der Waals surface area contributed by atoms with Gasteiger partial charge in [0.25, 0.3) is 0 Å². The Labute approximate surface area is 157 Å². The first-order valence-electron chi connectivity index (χ1n) is 8.38. The Morgan fingerprint density at radius 2 is 2.08 bits per heavy atom. The molecule has 1 aliphatic rings. The Morgan fingerprint density at radius 1 is 1.31 bits per heavy atom. The van der Waals surface area contributed by atoms with Crippen molar-refractivity contribution in [2.24, 2.45) is 0 Å². The minimum absolute atomic E-state index is 0.122. The predicted molar refractivity (Wildman–Crippen MR) is 101 cm³/mol. The zero-order valence-electron chi connectivity index (χ0n) is 14.5. The fraction of sp³-hybridized carbons (Fsp3) is 0.389. The molecule has 26 heavy (non-hydrogen) atoms. The van der Waals surface area contributed by atoms with Crippen LogP contribution < -0.4 is 15.4 Å². The summed E-state index contributed by atoms with van der Waals surface area (Å²) in [5.74, 6) is -0.370. The first-order chi connectivity index (χ1) is 12.6. The molecule has 1 heterocycles. The third-order valence-corrected chi connectivity index (χ3v) is 3.67. The van der Waals surface area contributed by atoms with Crippen LogP contribution in [-0.4, -0.2) is 42.9 Å². The van der Waals surface area contributed by atoms with E-state index in [2.05, 4.69) is 15.4 Å². The van der Waals surface area contributed by atoms with E-state index >= 15 is 0 Å². The van der Waals surface area contributed by atoms with E-state index < -0.39 is 11.9 Å². The predicted octanol–water partition coefficient (Wildman–Crippen LogP) is 2.18. The summed E-state index contributed by atoms with van der Waals surface area (Å²) in [5, 5.41) is 5.44. The van der Waals surface area contributed by atoms with Crippen LogP contribution in [-0.2, 0) is 19.1 Å². The lowest BCUT2D eigenvalue weighted by molar-refractivity contribution is -0.137. The minimum Gasteiger partial charge on any atom is -0.491 e. The van der Waals surface area contributed by atoms with Crippen LogP contribution in [0.2, 0.25) is 0 Å². The molecule has 0 saturated carbocycles. The number of nitrogens with one attached hydrogen (secondary N) is 2. The van der Waals surface area contributed by atoms with Gasteiger partial charge in [-0.05, 0) is 56.2 Å². The number of esters is 1. The normalized spacial score (nSPS) is 16.3. The number of rotatable bonds is 7. The molecular formula is C18H22N2O5S. The van der Waals surface area contributed by atoms with Crippen molar-refractivity contribution >= 4 is 34.9 Å². The minimum atomic E-state index is -0.583. The van der Waals surface area contributed by atoms with Crippen LogP contribution in [0.5, 0.6) is 5.75 Å². The average Bonchev–Trinajstić information content (AvgIpc) is 3.13. The SMILES string of the molecule is CCOC(=O)/C=C/C(=O)NC(=S)Nc1ccc(OCC2CCCO2)cc1. The van der Waals surface area contributed by atoms with Gasteiger partial charge in [-0.1, -0.05) is 0 Å². The number of carbonyl (C=O) groups is 2. The smallest absolute Gasteiger partial charge is 0.330 e. The first-order valence-corrected chi connectivity index (χ1v) is 8.79. The molecule has 1 amide bonds. The van der Waals surface area contributed by atoms with Crippen molar-refractivity contribution in [3.05, 3.63) is 36.4 Å². The molecule has 0 spiro atoms. The largest absolute Gasteiger partial charge is 0.491 e. The quantitative estimate of drug-likeness (QED) is 0.427. The van der Waals surface area contributed by atoms with Crippen LogP contribution in [0.3, 0.4) is 0 Å². The molecule has 0 radical (unpaired) electrons. The van der Waals surface area contributed by atoms with E-state index in [1.54, 1.807) is 19.1 Å². The molecule has 2 rings (SSSR count). The zero-order valence-corrected chi connectivity index (χ0v) is 15.3. The summed E-state index contributed by atoms with van der Waals surface area (Å²) in [6, 6.07) is 7.19. The van der Waals surface area contributed by atoms with Crippen molar-refractivity contribution in [1.29, 1.82) is 0 Å². The van der Waals surface area contributed by atoms with Gasteiger partial charge in [-0.2, -0.15) is 0 Å². The summed E-state index contributed by atoms with van der Waals surface area (Å²) in [7, 11) is 0. The third-order valence-electron chi connectivity index (χ3n) is 3.47. The molecule has 1 saturated heterocycles. The highest BCUT2D eigenvalue weighted by atomic mass is 32.1. The number of amides is 1. The molecule has 1 atom stereocenters. The molecular weight excluding hydrogens is 356 g/mol. The summed E-state index contributed by atoms with van der Waals surface area (Å²) in [4.78, 5) is 22.8. The van der Waals surface area contributed by atoms with Crippen molar-refractivity contribution in [3.63, 3.8) is 0 Å². The Bertz CT molecular complexity index is 654. The first kappa shape index (κ1) is 19.9. The molecule has 0 bridgehead atoms. The number of hydrogen-bond acceptors (Lipinski definition) is 6. The monoisotopic (exact) mass is 378 g/mol. The molecule has 7 nitrogen and oxygen atoms in total. The number of anilines is 1. The van der Waals surface area contributed by atoms with Crippen LogP contribution in [0.25, 0.3) is 0 Å². The molecule has 1 aliphatic heterocycles. The number of carbonyl (C=O) groups excluding carboxylic acids is 2. The van der Waals surface area contributed by atoms with E-state index in [1.807, 2.05) is 12.1 Å². The molecule has 140 valence electrons. The van der Waals surface area contributed by atoms with Crippen molar-refractivity contribution in [2.75, 3.05) is 25.1 Å². The standard InChI is InChI=1S/C18H22N2O5S/c1-2-23-17(22)10-9-16(21)20-18(26)19-13-5-7-14(8-6-13)25-12-15-4-3-11-24-15/h5-10,15H,2-4,11-12H2,1H3,(H2,19,20,21,26)/b10-9+. The molecule has 1 aromatic carbocycles. The second kappa shape index (κ2) is 10.5. The van der Waals surface area contributed by atoms with E-state index in [-0.39, 0.29) is 17.8 Å². The molecule has 0 aliphatic carbocycles.